The summed E-state index contributed by atoms with van der Waals surface area (Å²) in [6.07, 6.45) is 7.46. The summed E-state index contributed by atoms with van der Waals surface area (Å²) in [6.45, 7) is 0. The van der Waals surface area contributed by atoms with Crippen LogP contribution >= 0.6 is 31.9 Å². The highest BCUT2D eigenvalue weighted by Gasteiger charge is 2.09. The standard InChI is InChI=1S/C15H18Br2N2/c1-19-11-14(10-18-19)6-5-13(9-16)7-12-3-2-4-15(17)8-12/h2-4,8,10-11,13H,5-7,9H2,1H3. The van der Waals surface area contributed by atoms with Gasteiger partial charge in [0.1, 0.15) is 0 Å². The fourth-order valence-corrected chi connectivity index (χ4v) is 3.20. The molecule has 2 nitrogen and oxygen atoms in total. The first-order valence-corrected chi connectivity index (χ1v) is 8.36. The van der Waals surface area contributed by atoms with E-state index < -0.39 is 0 Å². The van der Waals surface area contributed by atoms with Crippen molar-refractivity contribution in [2.45, 2.75) is 19.3 Å². The second kappa shape index (κ2) is 7.25. The molecule has 1 unspecified atom stereocenters. The molecule has 102 valence electrons. The Morgan fingerprint density at radius 2 is 2.16 bits per heavy atom. The zero-order chi connectivity index (χ0) is 13.7. The number of rotatable bonds is 6. The van der Waals surface area contributed by atoms with Crippen LogP contribution in [-0.2, 0) is 19.9 Å². The lowest BCUT2D eigenvalue weighted by Gasteiger charge is -2.13. The van der Waals surface area contributed by atoms with Crippen molar-refractivity contribution in [1.29, 1.82) is 0 Å². The Balaban J connectivity index is 1.89. The molecule has 0 spiro atoms. The summed E-state index contributed by atoms with van der Waals surface area (Å²) in [5, 5.41) is 5.26. The van der Waals surface area contributed by atoms with Crippen LogP contribution < -0.4 is 0 Å². The molecule has 0 amide bonds. The number of aryl methyl sites for hydroxylation is 2. The minimum Gasteiger partial charge on any atom is -0.276 e. The van der Waals surface area contributed by atoms with Crippen LogP contribution in [-0.4, -0.2) is 15.1 Å². The van der Waals surface area contributed by atoms with Crippen LogP contribution in [0.2, 0.25) is 0 Å². The van der Waals surface area contributed by atoms with Gasteiger partial charge >= 0.3 is 0 Å². The molecule has 19 heavy (non-hydrogen) atoms. The van der Waals surface area contributed by atoms with E-state index in [1.54, 1.807) is 0 Å². The third kappa shape index (κ3) is 4.77. The van der Waals surface area contributed by atoms with Gasteiger partial charge in [0, 0.05) is 23.0 Å². The highest BCUT2D eigenvalue weighted by molar-refractivity contribution is 9.10. The van der Waals surface area contributed by atoms with Crippen LogP contribution in [0.15, 0.2) is 41.1 Å². The van der Waals surface area contributed by atoms with Gasteiger partial charge in [-0.15, -0.1) is 0 Å². The van der Waals surface area contributed by atoms with Crippen LogP contribution in [0.3, 0.4) is 0 Å². The molecular weight excluding hydrogens is 368 g/mol. The first kappa shape index (κ1) is 14.8. The molecule has 1 heterocycles. The Morgan fingerprint density at radius 1 is 1.32 bits per heavy atom. The first-order chi connectivity index (χ1) is 9.17. The van der Waals surface area contributed by atoms with Crippen molar-refractivity contribution < 1.29 is 0 Å². The van der Waals surface area contributed by atoms with E-state index in [-0.39, 0.29) is 0 Å². The van der Waals surface area contributed by atoms with Gasteiger partial charge in [-0.1, -0.05) is 44.0 Å². The topological polar surface area (TPSA) is 17.8 Å². The molecule has 4 heteroatoms. The molecule has 1 aromatic carbocycles. The molecule has 1 aromatic heterocycles. The average molecular weight is 386 g/mol. The summed E-state index contributed by atoms with van der Waals surface area (Å²) < 4.78 is 3.03. The number of aromatic nitrogens is 2. The molecule has 0 aliphatic carbocycles. The number of alkyl halides is 1. The third-order valence-corrected chi connectivity index (χ3v) is 4.64. The zero-order valence-electron chi connectivity index (χ0n) is 11.0. The maximum absolute atomic E-state index is 4.21. The quantitative estimate of drug-likeness (QED) is 0.675. The van der Waals surface area contributed by atoms with Crippen molar-refractivity contribution in [3.05, 3.63) is 52.3 Å². The molecule has 0 N–H and O–H groups in total. The molecule has 1 atom stereocenters. The summed E-state index contributed by atoms with van der Waals surface area (Å²) in [6, 6.07) is 8.58. The molecule has 0 bridgehead atoms. The summed E-state index contributed by atoms with van der Waals surface area (Å²) in [4.78, 5) is 0. The lowest BCUT2D eigenvalue weighted by Crippen LogP contribution is -2.07. The monoisotopic (exact) mass is 384 g/mol. The van der Waals surface area contributed by atoms with Crippen LogP contribution in [0.5, 0.6) is 0 Å². The number of benzene rings is 1. The van der Waals surface area contributed by atoms with Crippen molar-refractivity contribution in [2.24, 2.45) is 13.0 Å². The molecule has 2 aromatic rings. The third-order valence-electron chi connectivity index (χ3n) is 3.23. The van der Waals surface area contributed by atoms with Crippen LogP contribution in [0, 0.1) is 5.92 Å². The number of nitrogens with zero attached hydrogens (tertiary/aromatic N) is 2. The van der Waals surface area contributed by atoms with E-state index in [1.807, 2.05) is 17.9 Å². The van der Waals surface area contributed by atoms with Gasteiger partial charge < -0.3 is 0 Å². The molecule has 0 fully saturated rings. The van der Waals surface area contributed by atoms with Gasteiger partial charge in [-0.05, 0) is 48.4 Å². The van der Waals surface area contributed by atoms with E-state index in [4.69, 9.17) is 0 Å². The Labute approximate surface area is 131 Å². The average Bonchev–Trinajstić information content (AvgIpc) is 2.80. The van der Waals surface area contributed by atoms with E-state index in [9.17, 15) is 0 Å². The van der Waals surface area contributed by atoms with E-state index in [1.165, 1.54) is 17.5 Å². The van der Waals surface area contributed by atoms with E-state index >= 15 is 0 Å². The minimum atomic E-state index is 0.662. The largest absolute Gasteiger partial charge is 0.276 e. The summed E-state index contributed by atoms with van der Waals surface area (Å²) in [5.41, 5.74) is 2.72. The van der Waals surface area contributed by atoms with Crippen molar-refractivity contribution in [2.75, 3.05) is 5.33 Å². The van der Waals surface area contributed by atoms with Gasteiger partial charge in [-0.2, -0.15) is 5.10 Å². The molecule has 0 aliphatic heterocycles. The van der Waals surface area contributed by atoms with Crippen LogP contribution in [0.25, 0.3) is 0 Å². The molecule has 0 aliphatic rings. The van der Waals surface area contributed by atoms with Crippen molar-refractivity contribution >= 4 is 31.9 Å². The number of hydrogen-bond donors (Lipinski definition) is 0. The Morgan fingerprint density at radius 3 is 2.79 bits per heavy atom. The molecule has 0 radical (unpaired) electrons. The minimum absolute atomic E-state index is 0.662. The summed E-state index contributed by atoms with van der Waals surface area (Å²) >= 11 is 7.17. The molecule has 0 saturated heterocycles. The Hall–Kier alpha value is -0.610. The SMILES string of the molecule is Cn1cc(CCC(CBr)Cc2cccc(Br)c2)cn1. The predicted molar refractivity (Wildman–Crippen MR) is 86.7 cm³/mol. The molecule has 2 rings (SSSR count). The van der Waals surface area contributed by atoms with Gasteiger partial charge in [0.15, 0.2) is 0 Å². The fourth-order valence-electron chi connectivity index (χ4n) is 2.20. The molecule has 0 saturated carbocycles. The smallest absolute Gasteiger partial charge is 0.0521 e. The van der Waals surface area contributed by atoms with Gasteiger partial charge in [-0.25, -0.2) is 0 Å². The second-order valence-electron chi connectivity index (χ2n) is 4.92. The number of halogens is 2. The number of hydrogen-bond acceptors (Lipinski definition) is 1. The zero-order valence-corrected chi connectivity index (χ0v) is 14.2. The van der Waals surface area contributed by atoms with E-state index in [2.05, 4.69) is 67.4 Å². The van der Waals surface area contributed by atoms with Crippen molar-refractivity contribution in [1.82, 2.24) is 9.78 Å². The summed E-state index contributed by atoms with van der Waals surface area (Å²) in [5.74, 6) is 0.662. The van der Waals surface area contributed by atoms with Crippen LogP contribution in [0.4, 0.5) is 0 Å². The van der Waals surface area contributed by atoms with Gasteiger partial charge in [0.05, 0.1) is 6.20 Å². The first-order valence-electron chi connectivity index (χ1n) is 6.45. The Kier molecular flexibility index (Phi) is 5.64. The van der Waals surface area contributed by atoms with Gasteiger partial charge in [-0.3, -0.25) is 4.68 Å². The lowest BCUT2D eigenvalue weighted by molar-refractivity contribution is 0.542. The van der Waals surface area contributed by atoms with Gasteiger partial charge in [0.2, 0.25) is 0 Å². The highest BCUT2D eigenvalue weighted by atomic mass is 79.9. The highest BCUT2D eigenvalue weighted by Crippen LogP contribution is 2.20. The molecular formula is C15H18Br2N2. The predicted octanol–water partition coefficient (Wildman–Crippen LogP) is 4.37. The Bertz CT molecular complexity index is 522. The maximum atomic E-state index is 4.21. The normalized spacial score (nSPS) is 12.6. The fraction of sp³-hybridized carbons (Fsp3) is 0.400. The van der Waals surface area contributed by atoms with E-state index in [0.29, 0.717) is 5.92 Å². The van der Waals surface area contributed by atoms with Crippen LogP contribution in [0.1, 0.15) is 17.5 Å². The van der Waals surface area contributed by atoms with E-state index in [0.717, 1.165) is 22.6 Å². The lowest BCUT2D eigenvalue weighted by atomic mass is 9.95. The second-order valence-corrected chi connectivity index (χ2v) is 6.48. The summed E-state index contributed by atoms with van der Waals surface area (Å²) in [7, 11) is 1.97. The van der Waals surface area contributed by atoms with Crippen molar-refractivity contribution in [3.8, 4) is 0 Å². The van der Waals surface area contributed by atoms with Gasteiger partial charge in [0.25, 0.3) is 0 Å². The van der Waals surface area contributed by atoms with Crippen molar-refractivity contribution in [3.63, 3.8) is 0 Å². The maximum Gasteiger partial charge on any atom is 0.0521 e.